The molecular weight excluding hydrogens is 249 g/mol. The first-order chi connectivity index (χ1) is 7.62. The van der Waals surface area contributed by atoms with E-state index in [1.165, 1.54) is 6.92 Å². The Bertz CT molecular complexity index is 288. The highest BCUT2D eigenvalue weighted by Gasteiger charge is 2.22. The topological polar surface area (TPSA) is 82.1 Å². The normalized spacial score (nSPS) is 15.4. The molecule has 0 aliphatic carbocycles. The lowest BCUT2D eigenvalue weighted by atomic mass is 10.5. The van der Waals surface area contributed by atoms with E-state index < -0.39 is 13.8 Å². The van der Waals surface area contributed by atoms with Crippen LogP contribution in [0.5, 0.6) is 0 Å². The van der Waals surface area contributed by atoms with Gasteiger partial charge in [-0.3, -0.25) is 13.8 Å². The predicted octanol–water partition coefficient (Wildman–Crippen LogP) is 0.389. The van der Waals surface area contributed by atoms with Crippen molar-refractivity contribution in [2.45, 2.75) is 6.92 Å². The van der Waals surface area contributed by atoms with Gasteiger partial charge < -0.3 is 14.1 Å². The van der Waals surface area contributed by atoms with Crippen LogP contribution in [0.2, 0.25) is 0 Å². The molecule has 0 aromatic rings. The van der Waals surface area contributed by atoms with E-state index in [1.54, 1.807) is 0 Å². The Morgan fingerprint density at radius 3 is 2.18 bits per heavy atom. The third kappa shape index (κ3) is 11.8. The van der Waals surface area contributed by atoms with Crippen LogP contribution in [0, 0.1) is 0 Å². The highest BCUT2D eigenvalue weighted by atomic mass is 31.2. The van der Waals surface area contributed by atoms with Crippen molar-refractivity contribution in [1.82, 2.24) is 0 Å². The fraction of sp³-hybridized carbons (Fsp3) is 0.889. The van der Waals surface area contributed by atoms with Gasteiger partial charge in [0.05, 0.1) is 27.7 Å². The van der Waals surface area contributed by atoms with E-state index in [0.717, 1.165) is 0 Å². The molecule has 0 heterocycles. The zero-order valence-electron chi connectivity index (χ0n) is 10.7. The molecule has 0 aliphatic rings. The zero-order chi connectivity index (χ0) is 13.5. The number of likely N-dealkylation sites (N-methyl/N-ethyl adjacent to an activating group) is 1. The number of hydrogen-bond acceptors (Lipinski definition) is 5. The number of carbonyl (C=O) groups excluding carboxylic acids is 1. The Morgan fingerprint density at radius 1 is 1.18 bits per heavy atom. The minimum atomic E-state index is -4.04. The summed E-state index contributed by atoms with van der Waals surface area (Å²) in [5.41, 5.74) is 0. The molecule has 1 atom stereocenters. The van der Waals surface area contributed by atoms with Gasteiger partial charge in [-0.1, -0.05) is 0 Å². The second kappa shape index (κ2) is 7.08. The van der Waals surface area contributed by atoms with Crippen molar-refractivity contribution >= 4 is 13.8 Å². The molecule has 8 heteroatoms. The lowest BCUT2D eigenvalue weighted by Crippen LogP contribution is -2.37. The average Bonchev–Trinajstić information content (AvgIpc) is 2.09. The number of hydrogen-bond donors (Lipinski definition) is 1. The summed E-state index contributed by atoms with van der Waals surface area (Å²) in [6.45, 7) is 1.70. The number of nitrogens with zero attached hydrogens (tertiary/aromatic N) is 1. The lowest BCUT2D eigenvalue weighted by molar-refractivity contribution is -0.870. The fourth-order valence-corrected chi connectivity index (χ4v) is 1.50. The van der Waals surface area contributed by atoms with Gasteiger partial charge in [-0.05, 0) is 0 Å². The molecule has 0 radical (unpaired) electrons. The second-order valence-electron chi connectivity index (χ2n) is 4.49. The van der Waals surface area contributed by atoms with Crippen LogP contribution in [0.4, 0.5) is 0 Å². The van der Waals surface area contributed by atoms with Crippen molar-refractivity contribution in [3.63, 3.8) is 0 Å². The molecule has 1 unspecified atom stereocenters. The van der Waals surface area contributed by atoms with Crippen molar-refractivity contribution in [2.75, 3.05) is 47.5 Å². The SMILES string of the molecule is CC(=O)OCCOP(=O)(O)OCC[N+](C)(C)C. The van der Waals surface area contributed by atoms with E-state index in [0.29, 0.717) is 11.0 Å². The molecule has 0 aromatic heterocycles. The molecule has 102 valence electrons. The summed E-state index contributed by atoms with van der Waals surface area (Å²) in [4.78, 5) is 19.6. The van der Waals surface area contributed by atoms with Crippen LogP contribution >= 0.6 is 7.82 Å². The summed E-state index contributed by atoms with van der Waals surface area (Å²) in [6, 6.07) is 0. The molecule has 0 fully saturated rings. The molecule has 7 nitrogen and oxygen atoms in total. The first kappa shape index (κ1) is 16.5. The number of rotatable bonds is 8. The number of quaternary nitrogens is 1. The monoisotopic (exact) mass is 270 g/mol. The lowest BCUT2D eigenvalue weighted by Gasteiger charge is -2.23. The van der Waals surface area contributed by atoms with Crippen LogP contribution in [0.3, 0.4) is 0 Å². The Morgan fingerprint density at radius 2 is 1.71 bits per heavy atom. The van der Waals surface area contributed by atoms with E-state index >= 15 is 0 Å². The second-order valence-corrected chi connectivity index (χ2v) is 5.94. The van der Waals surface area contributed by atoms with Gasteiger partial charge in [-0.15, -0.1) is 0 Å². The van der Waals surface area contributed by atoms with E-state index in [-0.39, 0.29) is 19.8 Å². The molecule has 0 saturated carbocycles. The van der Waals surface area contributed by atoms with Gasteiger partial charge in [0, 0.05) is 6.92 Å². The smallest absolute Gasteiger partial charge is 0.463 e. The fourth-order valence-electron chi connectivity index (χ4n) is 0.805. The summed E-state index contributed by atoms with van der Waals surface area (Å²) in [5.74, 6) is -0.465. The van der Waals surface area contributed by atoms with Crippen LogP contribution in [-0.4, -0.2) is 62.9 Å². The molecule has 0 aromatic carbocycles. The van der Waals surface area contributed by atoms with Crippen molar-refractivity contribution in [2.24, 2.45) is 0 Å². The molecular formula is C9H21NO6P+. The van der Waals surface area contributed by atoms with Crippen molar-refractivity contribution in [1.29, 1.82) is 0 Å². The van der Waals surface area contributed by atoms with Gasteiger partial charge in [0.1, 0.15) is 19.8 Å². The van der Waals surface area contributed by atoms with Gasteiger partial charge in [0.15, 0.2) is 0 Å². The first-order valence-electron chi connectivity index (χ1n) is 5.18. The highest BCUT2D eigenvalue weighted by molar-refractivity contribution is 7.47. The molecule has 0 spiro atoms. The summed E-state index contributed by atoms with van der Waals surface area (Å²) in [6.07, 6.45) is 0. The number of ether oxygens (including phenoxy) is 1. The molecule has 0 saturated heterocycles. The predicted molar refractivity (Wildman–Crippen MR) is 61.3 cm³/mol. The van der Waals surface area contributed by atoms with Gasteiger partial charge in [0.2, 0.25) is 0 Å². The summed E-state index contributed by atoms with van der Waals surface area (Å²) in [5, 5.41) is 0. The minimum absolute atomic E-state index is 0.0709. The van der Waals surface area contributed by atoms with E-state index in [9.17, 15) is 14.3 Å². The molecule has 17 heavy (non-hydrogen) atoms. The standard InChI is InChI=1S/C9H20NO6P/c1-9(11)14-7-8-16-17(12,13)15-6-5-10(2,3)4/h5-8H2,1-4H3/p+1. The highest BCUT2D eigenvalue weighted by Crippen LogP contribution is 2.42. The Balaban J connectivity index is 3.73. The molecule has 1 N–H and O–H groups in total. The van der Waals surface area contributed by atoms with Crippen molar-refractivity contribution < 1.29 is 32.5 Å². The van der Waals surface area contributed by atoms with Crippen LogP contribution in [-0.2, 0) is 23.1 Å². The first-order valence-corrected chi connectivity index (χ1v) is 6.68. The van der Waals surface area contributed by atoms with Crippen LogP contribution in [0.25, 0.3) is 0 Å². The van der Waals surface area contributed by atoms with Gasteiger partial charge in [0.25, 0.3) is 0 Å². The van der Waals surface area contributed by atoms with Gasteiger partial charge >= 0.3 is 13.8 Å². The molecule has 0 amide bonds. The quantitative estimate of drug-likeness (QED) is 0.297. The Labute approximate surface area is 101 Å². The van der Waals surface area contributed by atoms with Crippen LogP contribution in [0.15, 0.2) is 0 Å². The average molecular weight is 270 g/mol. The maximum absolute atomic E-state index is 11.3. The number of phosphoric acid groups is 1. The summed E-state index contributed by atoms with van der Waals surface area (Å²) < 4.78 is 25.8. The zero-order valence-corrected chi connectivity index (χ0v) is 11.6. The third-order valence-electron chi connectivity index (χ3n) is 1.66. The number of phosphoric ester groups is 1. The minimum Gasteiger partial charge on any atom is -0.463 e. The number of carbonyl (C=O) groups is 1. The maximum Gasteiger partial charge on any atom is 0.472 e. The van der Waals surface area contributed by atoms with Gasteiger partial charge in [-0.25, -0.2) is 4.57 Å². The summed E-state index contributed by atoms with van der Waals surface area (Å²) in [7, 11) is 1.77. The Kier molecular flexibility index (Phi) is 6.89. The van der Waals surface area contributed by atoms with Gasteiger partial charge in [-0.2, -0.15) is 0 Å². The molecule has 0 bridgehead atoms. The van der Waals surface area contributed by atoms with Crippen molar-refractivity contribution in [3.8, 4) is 0 Å². The number of esters is 1. The largest absolute Gasteiger partial charge is 0.472 e. The van der Waals surface area contributed by atoms with E-state index in [1.807, 2.05) is 21.1 Å². The Hall–Kier alpha value is -0.460. The van der Waals surface area contributed by atoms with Crippen molar-refractivity contribution in [3.05, 3.63) is 0 Å². The van der Waals surface area contributed by atoms with Crippen LogP contribution < -0.4 is 0 Å². The summed E-state index contributed by atoms with van der Waals surface area (Å²) >= 11 is 0. The van der Waals surface area contributed by atoms with Crippen LogP contribution in [0.1, 0.15) is 6.92 Å². The molecule has 0 rings (SSSR count). The third-order valence-corrected chi connectivity index (χ3v) is 2.68. The molecule has 0 aliphatic heterocycles. The van der Waals surface area contributed by atoms with E-state index in [2.05, 4.69) is 9.26 Å². The maximum atomic E-state index is 11.3. The van der Waals surface area contributed by atoms with E-state index in [4.69, 9.17) is 4.52 Å².